The summed E-state index contributed by atoms with van der Waals surface area (Å²) in [6, 6.07) is 14.7. The van der Waals surface area contributed by atoms with Gasteiger partial charge in [0.15, 0.2) is 23.4 Å². The Kier molecular flexibility index (Phi) is 9.65. The Balaban J connectivity index is 1.92. The maximum Gasteiger partial charge on any atom is 0.344 e. The molecule has 3 aromatic carbocycles. The van der Waals surface area contributed by atoms with Crippen molar-refractivity contribution in [2.24, 2.45) is 5.10 Å². The summed E-state index contributed by atoms with van der Waals surface area (Å²) in [5.74, 6) is 0.922. The summed E-state index contributed by atoms with van der Waals surface area (Å²) in [6.45, 7) is 13.9. The zero-order valence-corrected chi connectivity index (χ0v) is 25.4. The van der Waals surface area contributed by atoms with E-state index in [1.165, 1.54) is 18.7 Å². The molecule has 1 aromatic heterocycles. The summed E-state index contributed by atoms with van der Waals surface area (Å²) < 4.78 is 18.5. The maximum absolute atomic E-state index is 13.8. The number of carboxylic acid groups (broad SMARTS) is 1. The highest BCUT2D eigenvalue weighted by molar-refractivity contribution is 5.84. The SMILES string of the molecule is C=CCc1cc(C=Nn2c(-c3cc(C(C)C)c(OCC)cc3C)nc3ccccc3c2=O)cc(OC)c1O[C@H](C)C(=O)O. The molecule has 0 amide bonds. The number of nitrogens with zero attached hydrogens (tertiary/aromatic N) is 3. The maximum atomic E-state index is 13.8. The Morgan fingerprint density at radius 1 is 1.14 bits per heavy atom. The summed E-state index contributed by atoms with van der Waals surface area (Å²) >= 11 is 0. The highest BCUT2D eigenvalue weighted by Gasteiger charge is 2.21. The molecule has 1 heterocycles. The van der Waals surface area contributed by atoms with E-state index in [-0.39, 0.29) is 11.5 Å². The van der Waals surface area contributed by atoms with Crippen LogP contribution in [0.3, 0.4) is 0 Å². The van der Waals surface area contributed by atoms with Crippen molar-refractivity contribution in [1.82, 2.24) is 9.66 Å². The molecule has 0 aliphatic rings. The van der Waals surface area contributed by atoms with Crippen LogP contribution in [0.5, 0.6) is 17.2 Å². The predicted molar refractivity (Wildman–Crippen MR) is 169 cm³/mol. The molecule has 0 bridgehead atoms. The lowest BCUT2D eigenvalue weighted by Crippen LogP contribution is -2.23. The number of aliphatic carboxylic acids is 1. The van der Waals surface area contributed by atoms with Crippen molar-refractivity contribution in [3.63, 3.8) is 0 Å². The van der Waals surface area contributed by atoms with Crippen LogP contribution in [0, 0.1) is 6.92 Å². The fraction of sp³-hybridized carbons (Fsp3) is 0.294. The Morgan fingerprint density at radius 2 is 1.88 bits per heavy atom. The standard InChI is InChI=1S/C34H37N3O6/c1-8-12-24-16-23(17-30(41-7)31(24)43-22(6)34(39)40)19-35-37-32(36-28-14-11-10-13-25(28)33(37)38)27-18-26(20(3)4)29(42-9-2)15-21(27)5/h8,10-11,13-20,22H,1,9,12H2,2-7H3,(H,39,40)/t22-/m1/s1. The smallest absolute Gasteiger partial charge is 0.344 e. The first kappa shape index (κ1) is 31.0. The van der Waals surface area contributed by atoms with Crippen molar-refractivity contribution in [2.75, 3.05) is 13.7 Å². The Labute approximate surface area is 251 Å². The van der Waals surface area contributed by atoms with E-state index in [0.29, 0.717) is 52.4 Å². The summed E-state index contributed by atoms with van der Waals surface area (Å²) in [4.78, 5) is 30.2. The Morgan fingerprint density at radius 3 is 2.53 bits per heavy atom. The number of carboxylic acids is 1. The fourth-order valence-electron chi connectivity index (χ4n) is 4.78. The lowest BCUT2D eigenvalue weighted by atomic mass is 9.96. The van der Waals surface area contributed by atoms with Crippen molar-refractivity contribution in [2.45, 2.75) is 53.1 Å². The van der Waals surface area contributed by atoms with E-state index in [4.69, 9.17) is 19.2 Å². The molecule has 1 N–H and O–H groups in total. The van der Waals surface area contributed by atoms with Crippen molar-refractivity contribution in [3.8, 4) is 28.6 Å². The zero-order chi connectivity index (χ0) is 31.3. The number of rotatable bonds is 12. The van der Waals surface area contributed by atoms with Crippen molar-refractivity contribution in [1.29, 1.82) is 0 Å². The number of hydrogen-bond donors (Lipinski definition) is 1. The topological polar surface area (TPSA) is 112 Å². The molecule has 0 fully saturated rings. The minimum Gasteiger partial charge on any atom is -0.494 e. The average Bonchev–Trinajstić information content (AvgIpc) is 2.97. The van der Waals surface area contributed by atoms with Gasteiger partial charge in [0, 0.05) is 11.1 Å². The van der Waals surface area contributed by atoms with Crippen LogP contribution in [0.2, 0.25) is 0 Å². The van der Waals surface area contributed by atoms with Crippen LogP contribution in [0.4, 0.5) is 0 Å². The van der Waals surface area contributed by atoms with Crippen molar-refractivity contribution in [3.05, 3.63) is 93.8 Å². The van der Waals surface area contributed by atoms with Crippen LogP contribution in [-0.2, 0) is 11.2 Å². The van der Waals surface area contributed by atoms with Gasteiger partial charge in [-0.25, -0.2) is 9.78 Å². The van der Waals surface area contributed by atoms with Crippen LogP contribution in [-0.4, -0.2) is 46.8 Å². The van der Waals surface area contributed by atoms with E-state index >= 15 is 0 Å². The summed E-state index contributed by atoms with van der Waals surface area (Å²) in [5.41, 5.74) is 4.19. The fourth-order valence-corrected chi connectivity index (χ4v) is 4.78. The molecule has 0 spiro atoms. The molecule has 4 aromatic rings. The molecular formula is C34H37N3O6. The first-order valence-electron chi connectivity index (χ1n) is 14.1. The molecule has 0 radical (unpaired) electrons. The molecule has 0 unspecified atom stereocenters. The largest absolute Gasteiger partial charge is 0.494 e. The second-order valence-corrected chi connectivity index (χ2v) is 10.4. The third-order valence-corrected chi connectivity index (χ3v) is 6.98. The van der Waals surface area contributed by atoms with E-state index in [1.54, 1.807) is 36.6 Å². The van der Waals surface area contributed by atoms with Gasteiger partial charge in [-0.15, -0.1) is 6.58 Å². The van der Waals surface area contributed by atoms with Crippen LogP contribution in [0.1, 0.15) is 55.9 Å². The van der Waals surface area contributed by atoms with Gasteiger partial charge in [0.1, 0.15) is 5.75 Å². The first-order chi connectivity index (χ1) is 20.6. The number of fused-ring (bicyclic) bond motifs is 1. The third-order valence-electron chi connectivity index (χ3n) is 6.98. The van der Waals surface area contributed by atoms with Crippen LogP contribution >= 0.6 is 0 Å². The van der Waals surface area contributed by atoms with Gasteiger partial charge >= 0.3 is 5.97 Å². The molecule has 1 atom stereocenters. The summed E-state index contributed by atoms with van der Waals surface area (Å²) in [7, 11) is 1.48. The molecular weight excluding hydrogens is 546 g/mol. The van der Waals surface area contributed by atoms with Gasteiger partial charge in [0.2, 0.25) is 0 Å². The van der Waals surface area contributed by atoms with Gasteiger partial charge in [-0.05, 0) is 86.2 Å². The number of para-hydroxylation sites is 1. The van der Waals surface area contributed by atoms with E-state index in [2.05, 4.69) is 25.5 Å². The first-order valence-corrected chi connectivity index (χ1v) is 14.1. The molecule has 0 aliphatic carbocycles. The average molecular weight is 584 g/mol. The molecule has 9 heteroatoms. The second kappa shape index (κ2) is 13.4. The second-order valence-electron chi connectivity index (χ2n) is 10.4. The van der Waals surface area contributed by atoms with E-state index in [1.807, 2.05) is 38.1 Å². The molecule has 224 valence electrons. The monoisotopic (exact) mass is 583 g/mol. The van der Waals surface area contributed by atoms with Crippen LogP contribution in [0.25, 0.3) is 22.3 Å². The van der Waals surface area contributed by atoms with Crippen LogP contribution in [0.15, 0.2) is 71.1 Å². The van der Waals surface area contributed by atoms with Gasteiger partial charge in [0.25, 0.3) is 5.56 Å². The number of aromatic nitrogens is 2. The molecule has 9 nitrogen and oxygen atoms in total. The molecule has 43 heavy (non-hydrogen) atoms. The van der Waals surface area contributed by atoms with E-state index < -0.39 is 12.1 Å². The predicted octanol–water partition coefficient (Wildman–Crippen LogP) is 6.37. The molecule has 0 saturated heterocycles. The Hall–Kier alpha value is -4.92. The van der Waals surface area contributed by atoms with E-state index in [9.17, 15) is 14.7 Å². The number of ether oxygens (including phenoxy) is 3. The van der Waals surface area contributed by atoms with Crippen molar-refractivity contribution >= 4 is 23.1 Å². The number of carbonyl (C=O) groups is 1. The number of allylic oxidation sites excluding steroid dienone is 1. The highest BCUT2D eigenvalue weighted by atomic mass is 16.5. The lowest BCUT2D eigenvalue weighted by molar-refractivity contribution is -0.144. The number of benzene rings is 3. The molecule has 0 aliphatic heterocycles. The number of aryl methyl sites for hydroxylation is 1. The number of hydrogen-bond acceptors (Lipinski definition) is 7. The van der Waals surface area contributed by atoms with Gasteiger partial charge in [0.05, 0.1) is 30.8 Å². The van der Waals surface area contributed by atoms with Gasteiger partial charge in [-0.1, -0.05) is 32.1 Å². The van der Waals surface area contributed by atoms with Crippen LogP contribution < -0.4 is 19.8 Å². The van der Waals surface area contributed by atoms with E-state index in [0.717, 1.165) is 22.4 Å². The van der Waals surface area contributed by atoms with Gasteiger partial charge < -0.3 is 19.3 Å². The normalized spacial score (nSPS) is 12.1. The lowest BCUT2D eigenvalue weighted by Gasteiger charge is -2.18. The third kappa shape index (κ3) is 6.61. The van der Waals surface area contributed by atoms with Gasteiger partial charge in [-0.3, -0.25) is 4.79 Å². The summed E-state index contributed by atoms with van der Waals surface area (Å²) in [6.07, 6.45) is 2.54. The summed E-state index contributed by atoms with van der Waals surface area (Å²) in [5, 5.41) is 14.4. The van der Waals surface area contributed by atoms with Gasteiger partial charge in [-0.2, -0.15) is 9.78 Å². The van der Waals surface area contributed by atoms with Crippen molar-refractivity contribution < 1.29 is 24.1 Å². The minimum absolute atomic E-state index is 0.172. The number of methoxy groups -OCH3 is 1. The minimum atomic E-state index is -1.10. The Bertz CT molecular complexity index is 1760. The highest BCUT2D eigenvalue weighted by Crippen LogP contribution is 2.36. The molecule has 0 saturated carbocycles. The molecule has 4 rings (SSSR count). The zero-order valence-electron chi connectivity index (χ0n) is 25.4. The quantitative estimate of drug-likeness (QED) is 0.152.